The van der Waals surface area contributed by atoms with Crippen LogP contribution in [0.3, 0.4) is 0 Å². The molecule has 2 aromatic rings. The van der Waals surface area contributed by atoms with Crippen molar-refractivity contribution in [2.75, 3.05) is 13.1 Å². The molecule has 1 aliphatic heterocycles. The summed E-state index contributed by atoms with van der Waals surface area (Å²) in [6.45, 7) is 6.89. The van der Waals surface area contributed by atoms with Crippen LogP contribution in [0.1, 0.15) is 47.5 Å². The highest BCUT2D eigenvalue weighted by molar-refractivity contribution is 7.10. The molecule has 0 unspecified atom stereocenters. The van der Waals surface area contributed by atoms with Crippen molar-refractivity contribution in [3.63, 3.8) is 0 Å². The quantitative estimate of drug-likeness (QED) is 0.775. The van der Waals surface area contributed by atoms with Gasteiger partial charge in [0.25, 0.3) is 0 Å². The fourth-order valence-electron chi connectivity index (χ4n) is 3.22. The Labute approximate surface area is 152 Å². The Kier molecular flexibility index (Phi) is 5.56. The number of hydrogen-bond donors (Lipinski definition) is 1. The van der Waals surface area contributed by atoms with Crippen molar-refractivity contribution in [3.05, 3.63) is 51.4 Å². The van der Waals surface area contributed by atoms with Crippen LogP contribution in [-0.4, -0.2) is 18.9 Å². The molecule has 0 fully saturated rings. The maximum Gasteiger partial charge on any atom is 0.232 e. The van der Waals surface area contributed by atoms with E-state index >= 15 is 0 Å². The molecule has 1 aromatic heterocycles. The van der Waals surface area contributed by atoms with Crippen LogP contribution in [0.5, 0.6) is 11.5 Å². The highest BCUT2D eigenvalue weighted by Crippen LogP contribution is 2.38. The van der Waals surface area contributed by atoms with Gasteiger partial charge in [-0.15, -0.1) is 11.3 Å². The molecule has 5 heteroatoms. The van der Waals surface area contributed by atoms with Crippen LogP contribution >= 0.6 is 11.3 Å². The molecule has 0 amide bonds. The normalized spacial score (nSPS) is 15.0. The van der Waals surface area contributed by atoms with Crippen molar-refractivity contribution in [2.45, 2.75) is 33.2 Å². The second kappa shape index (κ2) is 7.85. The predicted octanol–water partition coefficient (Wildman–Crippen LogP) is 2.64. The summed E-state index contributed by atoms with van der Waals surface area (Å²) in [4.78, 5) is 14.9. The van der Waals surface area contributed by atoms with Gasteiger partial charge in [0, 0.05) is 16.5 Å². The zero-order valence-corrected chi connectivity index (χ0v) is 15.4. The number of thiophene rings is 1. The summed E-state index contributed by atoms with van der Waals surface area (Å²) in [5.41, 5.74) is 1.13. The van der Waals surface area contributed by atoms with Gasteiger partial charge in [-0.3, -0.25) is 4.79 Å². The Morgan fingerprint density at radius 2 is 1.96 bits per heavy atom. The molecule has 1 aliphatic rings. The monoisotopic (exact) mass is 357 g/mol. The highest BCUT2D eigenvalue weighted by atomic mass is 32.1. The number of Topliss-reactive ketones (excluding diaryl/α,β-unsaturated/α-hetero) is 1. The van der Waals surface area contributed by atoms with Gasteiger partial charge in [-0.2, -0.15) is 0 Å². The number of ketones is 1. The molecule has 132 valence electrons. The Hall–Kier alpha value is -2.11. The predicted molar refractivity (Wildman–Crippen MR) is 98.1 cm³/mol. The van der Waals surface area contributed by atoms with Crippen LogP contribution in [0.2, 0.25) is 0 Å². The minimum atomic E-state index is -0.141. The van der Waals surface area contributed by atoms with Crippen LogP contribution in [0.25, 0.3) is 6.08 Å². The van der Waals surface area contributed by atoms with Gasteiger partial charge in [-0.1, -0.05) is 31.7 Å². The largest absolute Gasteiger partial charge is 0.872 e. The van der Waals surface area contributed by atoms with Crippen molar-refractivity contribution in [1.82, 2.24) is 0 Å². The number of ether oxygens (including phenoxy) is 1. The summed E-state index contributed by atoms with van der Waals surface area (Å²) in [6.07, 6.45) is 3.87. The fraction of sp³-hybridized carbons (Fsp3) is 0.350. The van der Waals surface area contributed by atoms with E-state index in [1.165, 1.54) is 11.0 Å². The smallest absolute Gasteiger partial charge is 0.232 e. The number of benzene rings is 1. The van der Waals surface area contributed by atoms with E-state index in [1.54, 1.807) is 23.5 Å². The molecular weight excluding hydrogens is 334 g/mol. The maximum absolute atomic E-state index is 12.6. The SMILES string of the molecule is CCC[NH+](CCC)Cc1c([O-])ccc2c1O/C(=C\c1cccs1)C2=O. The van der Waals surface area contributed by atoms with Crippen molar-refractivity contribution < 1.29 is 19.5 Å². The first-order valence-corrected chi connectivity index (χ1v) is 9.66. The van der Waals surface area contributed by atoms with Crippen LogP contribution in [-0.2, 0) is 6.54 Å². The number of carbonyl (C=O) groups excluding carboxylic acids is 1. The Morgan fingerprint density at radius 3 is 2.60 bits per heavy atom. The lowest BCUT2D eigenvalue weighted by atomic mass is 10.0. The summed E-state index contributed by atoms with van der Waals surface area (Å²) in [5.74, 6) is 0.577. The lowest BCUT2D eigenvalue weighted by molar-refractivity contribution is -0.914. The number of fused-ring (bicyclic) bond motifs is 1. The van der Waals surface area contributed by atoms with Crippen LogP contribution in [0, 0.1) is 0 Å². The number of nitrogens with one attached hydrogen (secondary N) is 1. The number of hydrogen-bond acceptors (Lipinski definition) is 4. The van der Waals surface area contributed by atoms with Gasteiger partial charge in [0.15, 0.2) is 5.76 Å². The third-order valence-electron chi connectivity index (χ3n) is 4.35. The zero-order valence-electron chi connectivity index (χ0n) is 14.6. The summed E-state index contributed by atoms with van der Waals surface area (Å²) < 4.78 is 5.87. The number of rotatable bonds is 7. The molecule has 0 radical (unpaired) electrons. The first kappa shape index (κ1) is 17.7. The third-order valence-corrected chi connectivity index (χ3v) is 5.17. The number of quaternary nitrogens is 1. The summed E-state index contributed by atoms with van der Waals surface area (Å²) in [6, 6.07) is 6.96. The molecule has 3 rings (SSSR count). The summed E-state index contributed by atoms with van der Waals surface area (Å²) in [7, 11) is 0. The molecular formula is C20H23NO3S. The van der Waals surface area contributed by atoms with E-state index in [9.17, 15) is 9.90 Å². The molecule has 2 heterocycles. The third kappa shape index (κ3) is 3.78. The minimum absolute atomic E-state index is 0.0476. The van der Waals surface area contributed by atoms with E-state index < -0.39 is 0 Å². The first-order chi connectivity index (χ1) is 12.1. The molecule has 0 atom stereocenters. The molecule has 1 N–H and O–H groups in total. The van der Waals surface area contributed by atoms with Gasteiger partial charge in [0.1, 0.15) is 12.3 Å². The molecule has 0 saturated heterocycles. The topological polar surface area (TPSA) is 53.8 Å². The van der Waals surface area contributed by atoms with Crippen LogP contribution in [0.15, 0.2) is 35.4 Å². The second-order valence-corrected chi connectivity index (χ2v) is 7.28. The molecule has 0 saturated carbocycles. The Bertz CT molecular complexity index is 774. The van der Waals surface area contributed by atoms with Crippen molar-refractivity contribution >= 4 is 23.2 Å². The van der Waals surface area contributed by atoms with Crippen molar-refractivity contribution in [1.29, 1.82) is 0 Å². The van der Waals surface area contributed by atoms with E-state index in [0.717, 1.165) is 30.8 Å². The summed E-state index contributed by atoms with van der Waals surface area (Å²) >= 11 is 1.55. The molecule has 0 spiro atoms. The molecule has 4 nitrogen and oxygen atoms in total. The van der Waals surface area contributed by atoms with Gasteiger partial charge in [0.05, 0.1) is 18.7 Å². The average molecular weight is 357 g/mol. The van der Waals surface area contributed by atoms with Crippen molar-refractivity contribution in [3.8, 4) is 11.5 Å². The fourth-order valence-corrected chi connectivity index (χ4v) is 3.86. The average Bonchev–Trinajstić information content (AvgIpc) is 3.20. The standard InChI is InChI=1S/C20H23NO3S/c1-3-9-21(10-4-2)13-16-17(22)8-7-15-19(23)18(24-20(15)16)12-14-6-5-11-25-14/h5-8,11-12,22H,3-4,9-10,13H2,1-2H3/b18-12-. The van der Waals surface area contributed by atoms with Gasteiger partial charge >= 0.3 is 0 Å². The minimum Gasteiger partial charge on any atom is -0.872 e. The second-order valence-electron chi connectivity index (χ2n) is 6.30. The summed E-state index contributed by atoms with van der Waals surface area (Å²) in [5, 5.41) is 14.4. The lowest BCUT2D eigenvalue weighted by Crippen LogP contribution is -3.10. The number of carbonyl (C=O) groups is 1. The van der Waals surface area contributed by atoms with E-state index in [0.29, 0.717) is 29.2 Å². The van der Waals surface area contributed by atoms with Gasteiger partial charge in [-0.25, -0.2) is 0 Å². The van der Waals surface area contributed by atoms with E-state index in [2.05, 4.69) is 13.8 Å². The Morgan fingerprint density at radius 1 is 1.20 bits per heavy atom. The molecule has 1 aromatic carbocycles. The van der Waals surface area contributed by atoms with Gasteiger partial charge in [0.2, 0.25) is 5.78 Å². The first-order valence-electron chi connectivity index (χ1n) is 8.78. The van der Waals surface area contributed by atoms with E-state index in [1.807, 2.05) is 17.5 Å². The van der Waals surface area contributed by atoms with Gasteiger partial charge in [-0.05, 0) is 30.4 Å². The lowest BCUT2D eigenvalue weighted by Gasteiger charge is -2.23. The van der Waals surface area contributed by atoms with Crippen molar-refractivity contribution in [2.24, 2.45) is 0 Å². The van der Waals surface area contributed by atoms with E-state index in [4.69, 9.17) is 4.74 Å². The van der Waals surface area contributed by atoms with E-state index in [-0.39, 0.29) is 11.5 Å². The Balaban J connectivity index is 1.92. The molecule has 0 bridgehead atoms. The maximum atomic E-state index is 12.6. The number of allylic oxidation sites excluding steroid dienone is 1. The molecule has 25 heavy (non-hydrogen) atoms. The van der Waals surface area contributed by atoms with Gasteiger partial charge < -0.3 is 14.7 Å². The highest BCUT2D eigenvalue weighted by Gasteiger charge is 2.31. The zero-order chi connectivity index (χ0) is 17.8. The molecule has 0 aliphatic carbocycles. The van der Waals surface area contributed by atoms with Crippen LogP contribution in [0.4, 0.5) is 0 Å². The van der Waals surface area contributed by atoms with Crippen LogP contribution < -0.4 is 14.7 Å².